The molecule has 1 aliphatic rings. The predicted octanol–water partition coefficient (Wildman–Crippen LogP) is 2.77. The first-order valence-corrected chi connectivity index (χ1v) is 5.79. The molecule has 1 atom stereocenters. The largest absolute Gasteiger partial charge is 0.342 e. The molecule has 0 bridgehead atoms. The van der Waals surface area contributed by atoms with Crippen molar-refractivity contribution in [1.29, 1.82) is 0 Å². The Labute approximate surface area is 92.7 Å². The third-order valence-electron chi connectivity index (χ3n) is 2.83. The normalized spacial score (nSPS) is 20.8. The van der Waals surface area contributed by atoms with Crippen molar-refractivity contribution in [2.45, 2.75) is 32.6 Å². The van der Waals surface area contributed by atoms with Gasteiger partial charge < -0.3 is 4.90 Å². The van der Waals surface area contributed by atoms with Gasteiger partial charge in [0.15, 0.2) is 0 Å². The van der Waals surface area contributed by atoms with Gasteiger partial charge in [-0.3, -0.25) is 4.79 Å². The van der Waals surface area contributed by atoms with Gasteiger partial charge in [-0.05, 0) is 25.2 Å². The molecule has 0 saturated carbocycles. The lowest BCUT2D eigenvalue weighted by Crippen LogP contribution is -2.25. The maximum absolute atomic E-state index is 11.3. The molecule has 0 aromatic carbocycles. The van der Waals surface area contributed by atoms with Crippen LogP contribution in [0.15, 0.2) is 24.3 Å². The van der Waals surface area contributed by atoms with Crippen LogP contribution in [0.1, 0.15) is 32.6 Å². The molecule has 1 rings (SSSR count). The second-order valence-electron chi connectivity index (χ2n) is 4.10. The molecule has 84 valence electrons. The first kappa shape index (κ1) is 12.0. The van der Waals surface area contributed by atoms with Gasteiger partial charge in [-0.1, -0.05) is 31.2 Å². The summed E-state index contributed by atoms with van der Waals surface area (Å²) in [6.45, 7) is 2.64. The third-order valence-corrected chi connectivity index (χ3v) is 2.83. The molecule has 1 aliphatic carbocycles. The quantitative estimate of drug-likeness (QED) is 0.649. The van der Waals surface area contributed by atoms with Gasteiger partial charge in [-0.2, -0.15) is 0 Å². The van der Waals surface area contributed by atoms with Crippen molar-refractivity contribution in [3.63, 3.8) is 0 Å². The number of amides is 1. The van der Waals surface area contributed by atoms with Crippen LogP contribution in [0.2, 0.25) is 0 Å². The predicted molar refractivity (Wildman–Crippen MR) is 63.5 cm³/mol. The number of hydrogen-bond acceptors (Lipinski definition) is 1. The number of hydrogen-bond donors (Lipinski definition) is 0. The van der Waals surface area contributed by atoms with Gasteiger partial charge in [-0.15, -0.1) is 0 Å². The fraction of sp³-hybridized carbons (Fsp3) is 0.615. The van der Waals surface area contributed by atoms with E-state index in [0.29, 0.717) is 12.3 Å². The van der Waals surface area contributed by atoms with Crippen LogP contribution in [0.5, 0.6) is 0 Å². The van der Waals surface area contributed by atoms with Crippen LogP contribution in [0.25, 0.3) is 0 Å². The number of nitrogens with zero attached hydrogens (tertiary/aromatic N) is 1. The second-order valence-corrected chi connectivity index (χ2v) is 4.10. The molecule has 0 radical (unpaired) electrons. The Kier molecular flexibility index (Phi) is 5.16. The molecule has 2 heteroatoms. The Morgan fingerprint density at radius 1 is 1.53 bits per heavy atom. The summed E-state index contributed by atoms with van der Waals surface area (Å²) >= 11 is 0. The van der Waals surface area contributed by atoms with E-state index in [0.717, 1.165) is 13.0 Å². The fourth-order valence-electron chi connectivity index (χ4n) is 1.77. The van der Waals surface area contributed by atoms with Crippen LogP contribution in [0, 0.1) is 5.92 Å². The van der Waals surface area contributed by atoms with E-state index in [1.165, 1.54) is 12.8 Å². The van der Waals surface area contributed by atoms with Gasteiger partial charge in [0.2, 0.25) is 5.91 Å². The highest BCUT2D eigenvalue weighted by molar-refractivity contribution is 5.75. The number of likely N-dealkylation sites (N-methyl/N-ethyl adjacent to an activating group) is 1. The van der Waals surface area contributed by atoms with Gasteiger partial charge in [0.1, 0.15) is 0 Å². The maximum Gasteiger partial charge on any atom is 0.222 e. The van der Waals surface area contributed by atoms with E-state index in [4.69, 9.17) is 0 Å². The van der Waals surface area contributed by atoms with Crippen LogP contribution < -0.4 is 0 Å². The Morgan fingerprint density at radius 3 is 2.93 bits per heavy atom. The lowest BCUT2D eigenvalue weighted by molar-refractivity contribution is -0.129. The van der Waals surface area contributed by atoms with Gasteiger partial charge in [-0.25, -0.2) is 0 Å². The van der Waals surface area contributed by atoms with E-state index in [9.17, 15) is 4.79 Å². The zero-order valence-electron chi connectivity index (χ0n) is 9.78. The number of carbonyl (C=O) groups excluding carboxylic acids is 1. The minimum Gasteiger partial charge on any atom is -0.342 e. The average molecular weight is 207 g/mol. The lowest BCUT2D eigenvalue weighted by atomic mass is 9.94. The van der Waals surface area contributed by atoms with Crippen molar-refractivity contribution in [1.82, 2.24) is 4.90 Å². The van der Waals surface area contributed by atoms with Gasteiger partial charge in [0.05, 0.1) is 0 Å². The Bertz CT molecular complexity index is 255. The summed E-state index contributed by atoms with van der Waals surface area (Å²) in [6.07, 6.45) is 13.1. The van der Waals surface area contributed by atoms with Crippen molar-refractivity contribution in [3.8, 4) is 0 Å². The van der Waals surface area contributed by atoms with E-state index < -0.39 is 0 Å². The summed E-state index contributed by atoms with van der Waals surface area (Å²) in [5.41, 5.74) is 0. The highest BCUT2D eigenvalue weighted by Crippen LogP contribution is 2.18. The van der Waals surface area contributed by atoms with E-state index in [-0.39, 0.29) is 5.91 Å². The minimum absolute atomic E-state index is 0.211. The Hall–Kier alpha value is -1.05. The Morgan fingerprint density at radius 2 is 2.33 bits per heavy atom. The highest BCUT2D eigenvalue weighted by atomic mass is 16.2. The van der Waals surface area contributed by atoms with E-state index in [2.05, 4.69) is 24.3 Å². The van der Waals surface area contributed by atoms with Crippen molar-refractivity contribution >= 4 is 5.91 Å². The monoisotopic (exact) mass is 207 g/mol. The smallest absolute Gasteiger partial charge is 0.222 e. The summed E-state index contributed by atoms with van der Waals surface area (Å²) in [5, 5.41) is 0. The standard InChI is InChI=1S/C13H21NO/c1-3-13(15)14(2)11-7-10-12-8-5-4-6-9-12/h4-5,7,10,12H,3,6,8-9,11H2,1-2H3/b10-7-. The lowest BCUT2D eigenvalue weighted by Gasteiger charge is -2.15. The summed E-state index contributed by atoms with van der Waals surface area (Å²) in [4.78, 5) is 13.0. The SMILES string of the molecule is CCC(=O)N(C)C/C=C\C1CC=CCC1. The molecule has 0 saturated heterocycles. The fourth-order valence-corrected chi connectivity index (χ4v) is 1.77. The summed E-state index contributed by atoms with van der Waals surface area (Å²) in [5.74, 6) is 0.892. The Balaban J connectivity index is 2.26. The summed E-state index contributed by atoms with van der Waals surface area (Å²) < 4.78 is 0. The van der Waals surface area contributed by atoms with Crippen LogP contribution in [-0.2, 0) is 4.79 Å². The van der Waals surface area contributed by atoms with Gasteiger partial charge in [0.25, 0.3) is 0 Å². The summed E-state index contributed by atoms with van der Waals surface area (Å²) in [7, 11) is 1.86. The van der Waals surface area contributed by atoms with Crippen LogP contribution >= 0.6 is 0 Å². The van der Waals surface area contributed by atoms with E-state index in [1.54, 1.807) is 4.90 Å². The highest BCUT2D eigenvalue weighted by Gasteiger charge is 2.06. The zero-order valence-corrected chi connectivity index (χ0v) is 9.78. The van der Waals surface area contributed by atoms with Crippen molar-refractivity contribution in [2.24, 2.45) is 5.92 Å². The third kappa shape index (κ3) is 4.32. The molecule has 0 fully saturated rings. The average Bonchev–Trinajstić information content (AvgIpc) is 2.29. The molecule has 0 aromatic rings. The van der Waals surface area contributed by atoms with Gasteiger partial charge in [0, 0.05) is 20.0 Å². The molecular formula is C13H21NO. The van der Waals surface area contributed by atoms with Crippen LogP contribution in [0.3, 0.4) is 0 Å². The maximum atomic E-state index is 11.3. The van der Waals surface area contributed by atoms with Gasteiger partial charge >= 0.3 is 0 Å². The van der Waals surface area contributed by atoms with Crippen molar-refractivity contribution in [2.75, 3.05) is 13.6 Å². The first-order chi connectivity index (χ1) is 7.24. The first-order valence-electron chi connectivity index (χ1n) is 5.79. The zero-order chi connectivity index (χ0) is 11.1. The molecule has 1 unspecified atom stereocenters. The van der Waals surface area contributed by atoms with E-state index >= 15 is 0 Å². The molecule has 0 aliphatic heterocycles. The molecule has 15 heavy (non-hydrogen) atoms. The molecule has 0 spiro atoms. The molecule has 0 aromatic heterocycles. The van der Waals surface area contributed by atoms with E-state index in [1.807, 2.05) is 14.0 Å². The number of allylic oxidation sites excluding steroid dienone is 3. The van der Waals surface area contributed by atoms with Crippen molar-refractivity contribution in [3.05, 3.63) is 24.3 Å². The number of rotatable bonds is 4. The minimum atomic E-state index is 0.211. The van der Waals surface area contributed by atoms with Crippen LogP contribution in [0.4, 0.5) is 0 Å². The molecule has 1 amide bonds. The number of carbonyl (C=O) groups is 1. The van der Waals surface area contributed by atoms with Crippen molar-refractivity contribution < 1.29 is 4.79 Å². The molecule has 2 nitrogen and oxygen atoms in total. The molecule has 0 N–H and O–H groups in total. The summed E-state index contributed by atoms with van der Waals surface area (Å²) in [6, 6.07) is 0. The molecule has 0 heterocycles. The second kappa shape index (κ2) is 6.44. The topological polar surface area (TPSA) is 20.3 Å². The van der Waals surface area contributed by atoms with Crippen LogP contribution in [-0.4, -0.2) is 24.4 Å². The molecular weight excluding hydrogens is 186 g/mol.